The molecule has 0 saturated carbocycles. The van der Waals surface area contributed by atoms with Crippen LogP contribution >= 0.6 is 0 Å². The van der Waals surface area contributed by atoms with E-state index < -0.39 is 27.8 Å². The number of amides is 2. The van der Waals surface area contributed by atoms with Crippen LogP contribution in [-0.4, -0.2) is 33.3 Å². The van der Waals surface area contributed by atoms with Gasteiger partial charge < -0.3 is 15.4 Å². The fourth-order valence-electron chi connectivity index (χ4n) is 2.34. The molecule has 0 bridgehead atoms. The van der Waals surface area contributed by atoms with Gasteiger partial charge in [-0.05, 0) is 48.9 Å². The first kappa shape index (κ1) is 22.8. The number of anilines is 1. The van der Waals surface area contributed by atoms with Gasteiger partial charge >= 0.3 is 5.97 Å². The van der Waals surface area contributed by atoms with E-state index in [0.717, 1.165) is 6.08 Å². The molecule has 0 aliphatic carbocycles. The molecule has 2 aromatic carbocycles. The lowest BCUT2D eigenvalue weighted by Crippen LogP contribution is -2.22. The normalized spacial score (nSPS) is 11.5. The quantitative estimate of drug-likeness (QED) is 0.445. The van der Waals surface area contributed by atoms with Crippen LogP contribution in [0.5, 0.6) is 0 Å². The second-order valence-electron chi connectivity index (χ2n) is 6.26. The Bertz CT molecular complexity index is 1070. The van der Waals surface area contributed by atoms with Crippen molar-refractivity contribution in [1.29, 1.82) is 0 Å². The van der Waals surface area contributed by atoms with Crippen LogP contribution in [0.2, 0.25) is 0 Å². The molecule has 0 radical (unpaired) electrons. The molecule has 2 rings (SSSR count). The maximum atomic E-state index is 12.2. The molecule has 0 heterocycles. The van der Waals surface area contributed by atoms with Gasteiger partial charge in [-0.3, -0.25) is 9.59 Å². The average Bonchev–Trinajstić information content (AvgIpc) is 2.71. The van der Waals surface area contributed by atoms with Gasteiger partial charge in [-0.25, -0.2) is 18.4 Å². The van der Waals surface area contributed by atoms with Gasteiger partial charge in [0, 0.05) is 23.9 Å². The molecule has 4 N–H and O–H groups in total. The molecule has 30 heavy (non-hydrogen) atoms. The van der Waals surface area contributed by atoms with Crippen LogP contribution in [0.4, 0.5) is 5.69 Å². The summed E-state index contributed by atoms with van der Waals surface area (Å²) in [5.74, 6) is -1.45. The third-order valence-electron chi connectivity index (χ3n) is 3.99. The fourth-order valence-corrected chi connectivity index (χ4v) is 2.85. The molecular weight excluding hydrogens is 410 g/mol. The van der Waals surface area contributed by atoms with E-state index in [-0.39, 0.29) is 17.0 Å². The van der Waals surface area contributed by atoms with Crippen LogP contribution in [0.3, 0.4) is 0 Å². The monoisotopic (exact) mass is 431 g/mol. The number of primary sulfonamides is 1. The number of nitrogens with two attached hydrogens (primary N) is 1. The molecule has 0 unspecified atom stereocenters. The number of carbonyl (C=O) groups excluding carboxylic acids is 3. The number of esters is 1. The summed E-state index contributed by atoms with van der Waals surface area (Å²) in [4.78, 5) is 35.6. The lowest BCUT2D eigenvalue weighted by molar-refractivity contribution is -0.117. The number of benzene rings is 2. The highest BCUT2D eigenvalue weighted by Crippen LogP contribution is 2.12. The van der Waals surface area contributed by atoms with E-state index in [9.17, 15) is 22.8 Å². The Morgan fingerprint density at radius 1 is 1.03 bits per heavy atom. The van der Waals surface area contributed by atoms with Gasteiger partial charge in [0.25, 0.3) is 5.91 Å². The van der Waals surface area contributed by atoms with Crippen molar-refractivity contribution < 1.29 is 27.5 Å². The Morgan fingerprint density at radius 3 is 2.17 bits per heavy atom. The third kappa shape index (κ3) is 6.54. The van der Waals surface area contributed by atoms with Gasteiger partial charge in [-0.2, -0.15) is 0 Å². The summed E-state index contributed by atoms with van der Waals surface area (Å²) >= 11 is 0. The van der Waals surface area contributed by atoms with Gasteiger partial charge in [0.1, 0.15) is 0 Å². The SMILES string of the molecule is COC(=O)c1ccc(NC(=O)/C(C)=C/C(=O)NCc2ccc(S(N)(=O)=O)cc2)cc1. The minimum absolute atomic E-state index is 0.0235. The summed E-state index contributed by atoms with van der Waals surface area (Å²) in [6, 6.07) is 11.9. The van der Waals surface area contributed by atoms with Crippen molar-refractivity contribution in [2.75, 3.05) is 12.4 Å². The lowest BCUT2D eigenvalue weighted by atomic mass is 10.2. The van der Waals surface area contributed by atoms with Crippen LogP contribution in [-0.2, 0) is 30.9 Å². The van der Waals surface area contributed by atoms with E-state index in [4.69, 9.17) is 5.14 Å². The molecule has 10 heteroatoms. The number of ether oxygens (including phenoxy) is 1. The van der Waals surface area contributed by atoms with E-state index in [1.807, 2.05) is 0 Å². The number of hydrogen-bond donors (Lipinski definition) is 3. The molecule has 0 aliphatic heterocycles. The fraction of sp³-hybridized carbons (Fsp3) is 0.150. The number of nitrogens with one attached hydrogen (secondary N) is 2. The molecule has 2 amide bonds. The van der Waals surface area contributed by atoms with E-state index in [2.05, 4.69) is 15.4 Å². The molecule has 0 saturated heterocycles. The van der Waals surface area contributed by atoms with Gasteiger partial charge in [-0.15, -0.1) is 0 Å². The first-order valence-corrected chi connectivity index (χ1v) is 10.2. The summed E-state index contributed by atoms with van der Waals surface area (Å²) in [5, 5.41) is 10.3. The van der Waals surface area contributed by atoms with Crippen LogP contribution in [0, 0.1) is 0 Å². The smallest absolute Gasteiger partial charge is 0.337 e. The molecule has 9 nitrogen and oxygen atoms in total. The van der Waals surface area contributed by atoms with Gasteiger partial charge in [0.05, 0.1) is 17.6 Å². The summed E-state index contributed by atoms with van der Waals surface area (Å²) in [6.07, 6.45) is 1.15. The zero-order valence-corrected chi connectivity index (χ0v) is 17.2. The Hall–Kier alpha value is -3.50. The number of carbonyl (C=O) groups is 3. The Morgan fingerprint density at radius 2 is 1.63 bits per heavy atom. The predicted molar refractivity (Wildman–Crippen MR) is 110 cm³/mol. The van der Waals surface area contributed by atoms with Crippen LogP contribution in [0.1, 0.15) is 22.8 Å². The zero-order chi connectivity index (χ0) is 22.3. The standard InChI is InChI=1S/C20H21N3O6S/c1-13(19(25)23-16-7-5-15(6-8-16)20(26)29-2)11-18(24)22-12-14-3-9-17(10-4-14)30(21,27)28/h3-11H,12H2,1-2H3,(H,22,24)(H,23,25)(H2,21,27,28)/b13-11+. The maximum absolute atomic E-state index is 12.2. The highest BCUT2D eigenvalue weighted by molar-refractivity contribution is 7.89. The Kier molecular flexibility index (Phi) is 7.45. The maximum Gasteiger partial charge on any atom is 0.337 e. The number of hydrogen-bond acceptors (Lipinski definition) is 6. The summed E-state index contributed by atoms with van der Waals surface area (Å²) < 4.78 is 27.1. The minimum Gasteiger partial charge on any atom is -0.465 e. The molecule has 0 aliphatic rings. The topological polar surface area (TPSA) is 145 Å². The lowest BCUT2D eigenvalue weighted by Gasteiger charge is -2.07. The minimum atomic E-state index is -3.77. The van der Waals surface area contributed by atoms with Crippen LogP contribution in [0.25, 0.3) is 0 Å². The second kappa shape index (κ2) is 9.81. The molecule has 0 spiro atoms. The summed E-state index contributed by atoms with van der Waals surface area (Å²) in [5.41, 5.74) is 1.64. The van der Waals surface area contributed by atoms with E-state index in [1.165, 1.54) is 50.4 Å². The summed E-state index contributed by atoms with van der Waals surface area (Å²) in [7, 11) is -2.50. The highest BCUT2D eigenvalue weighted by atomic mass is 32.2. The highest BCUT2D eigenvalue weighted by Gasteiger charge is 2.10. The molecule has 0 fully saturated rings. The summed E-state index contributed by atoms with van der Waals surface area (Å²) in [6.45, 7) is 1.63. The van der Waals surface area contributed by atoms with Crippen molar-refractivity contribution in [3.8, 4) is 0 Å². The molecule has 0 atom stereocenters. The Labute approximate surface area is 174 Å². The number of sulfonamides is 1. The largest absolute Gasteiger partial charge is 0.465 e. The van der Waals surface area contributed by atoms with Crippen LogP contribution < -0.4 is 15.8 Å². The molecule has 2 aromatic rings. The van der Waals surface area contributed by atoms with Gasteiger partial charge in [0.15, 0.2) is 0 Å². The Balaban J connectivity index is 1.91. The zero-order valence-electron chi connectivity index (χ0n) is 16.3. The van der Waals surface area contributed by atoms with Gasteiger partial charge in [0.2, 0.25) is 15.9 Å². The first-order chi connectivity index (χ1) is 14.1. The first-order valence-electron chi connectivity index (χ1n) is 8.68. The second-order valence-corrected chi connectivity index (χ2v) is 7.82. The number of rotatable bonds is 7. The van der Waals surface area contributed by atoms with Crippen molar-refractivity contribution in [3.63, 3.8) is 0 Å². The van der Waals surface area contributed by atoms with E-state index >= 15 is 0 Å². The van der Waals surface area contributed by atoms with E-state index in [1.54, 1.807) is 12.1 Å². The molecule has 158 valence electrons. The van der Waals surface area contributed by atoms with Crippen molar-refractivity contribution in [1.82, 2.24) is 5.32 Å². The third-order valence-corrected chi connectivity index (χ3v) is 4.92. The molecular formula is C20H21N3O6S. The van der Waals surface area contributed by atoms with Gasteiger partial charge in [-0.1, -0.05) is 12.1 Å². The molecule has 0 aromatic heterocycles. The average molecular weight is 431 g/mol. The van der Waals surface area contributed by atoms with E-state index in [0.29, 0.717) is 16.8 Å². The predicted octanol–water partition coefficient (Wildman–Crippen LogP) is 1.32. The van der Waals surface area contributed by atoms with Crippen molar-refractivity contribution in [2.45, 2.75) is 18.4 Å². The van der Waals surface area contributed by atoms with Crippen molar-refractivity contribution >= 4 is 33.5 Å². The van der Waals surface area contributed by atoms with Crippen molar-refractivity contribution in [2.24, 2.45) is 5.14 Å². The van der Waals surface area contributed by atoms with Crippen molar-refractivity contribution in [3.05, 3.63) is 71.3 Å². The van der Waals surface area contributed by atoms with Crippen LogP contribution in [0.15, 0.2) is 65.1 Å². The number of methoxy groups -OCH3 is 1.